The second kappa shape index (κ2) is 12.9. The van der Waals surface area contributed by atoms with Crippen LogP contribution < -0.4 is 10.6 Å². The van der Waals surface area contributed by atoms with Gasteiger partial charge in [0.15, 0.2) is 0 Å². The fourth-order valence-corrected chi connectivity index (χ4v) is 2.98. The van der Waals surface area contributed by atoms with E-state index in [9.17, 15) is 18.0 Å². The number of thioether (sulfide) groups is 1. The molecule has 1 atom stereocenters. The molecule has 0 bridgehead atoms. The summed E-state index contributed by atoms with van der Waals surface area (Å²) in [6.45, 7) is 6.17. The second-order valence-electron chi connectivity index (χ2n) is 6.30. The largest absolute Gasteiger partial charge is 0.446 e. The molecule has 1 aromatic rings. The lowest BCUT2D eigenvalue weighted by molar-refractivity contribution is -0.0328. The van der Waals surface area contributed by atoms with Crippen LogP contribution in [0.15, 0.2) is 29.2 Å². The Labute approximate surface area is 163 Å². The van der Waals surface area contributed by atoms with Crippen molar-refractivity contribution in [3.8, 4) is 0 Å². The van der Waals surface area contributed by atoms with Gasteiger partial charge in [0, 0.05) is 30.3 Å². The molecule has 0 aliphatic rings. The van der Waals surface area contributed by atoms with Crippen LogP contribution in [0, 0.1) is 5.92 Å². The van der Waals surface area contributed by atoms with E-state index in [0.29, 0.717) is 31.2 Å². The van der Waals surface area contributed by atoms with Crippen molar-refractivity contribution < 1.29 is 22.7 Å². The first-order chi connectivity index (χ1) is 12.8. The lowest BCUT2D eigenvalue weighted by Crippen LogP contribution is -2.30. The Kier molecular flexibility index (Phi) is 11.3. The van der Waals surface area contributed by atoms with Crippen molar-refractivity contribution in [1.29, 1.82) is 0 Å². The summed E-state index contributed by atoms with van der Waals surface area (Å²) in [5.41, 5.74) is -3.88. The van der Waals surface area contributed by atoms with Crippen molar-refractivity contribution in [3.63, 3.8) is 0 Å². The van der Waals surface area contributed by atoms with Gasteiger partial charge in [-0.1, -0.05) is 33.1 Å². The number of alkyl halides is 3. The number of nitrogens with one attached hydrogen (secondary N) is 2. The third kappa shape index (κ3) is 11.8. The van der Waals surface area contributed by atoms with Crippen LogP contribution in [-0.4, -0.2) is 31.3 Å². The fourth-order valence-electron chi connectivity index (χ4n) is 2.44. The first-order valence-corrected chi connectivity index (χ1v) is 10.1. The van der Waals surface area contributed by atoms with E-state index in [2.05, 4.69) is 24.5 Å². The fraction of sp³-hybridized carbons (Fsp3) is 0.632. The van der Waals surface area contributed by atoms with Crippen LogP contribution in [0.5, 0.6) is 0 Å². The van der Waals surface area contributed by atoms with Gasteiger partial charge in [-0.25, -0.2) is 4.79 Å². The molecule has 27 heavy (non-hydrogen) atoms. The summed E-state index contributed by atoms with van der Waals surface area (Å²) in [5, 5.41) is 5.30. The Morgan fingerprint density at radius 1 is 1.19 bits per heavy atom. The van der Waals surface area contributed by atoms with Gasteiger partial charge in [0.25, 0.3) is 0 Å². The van der Waals surface area contributed by atoms with Crippen LogP contribution in [0.25, 0.3) is 0 Å². The Morgan fingerprint density at radius 2 is 1.89 bits per heavy atom. The van der Waals surface area contributed by atoms with Crippen molar-refractivity contribution in [2.24, 2.45) is 5.92 Å². The maximum atomic E-state index is 12.3. The van der Waals surface area contributed by atoms with Gasteiger partial charge >= 0.3 is 11.5 Å². The van der Waals surface area contributed by atoms with Gasteiger partial charge in [0.05, 0.1) is 0 Å². The van der Waals surface area contributed by atoms with Crippen LogP contribution in [-0.2, 0) is 4.74 Å². The predicted octanol–water partition coefficient (Wildman–Crippen LogP) is 6.04. The first-order valence-electron chi connectivity index (χ1n) is 9.32. The number of benzene rings is 1. The van der Waals surface area contributed by atoms with Crippen molar-refractivity contribution in [2.75, 3.05) is 25.1 Å². The zero-order chi connectivity index (χ0) is 20.1. The zero-order valence-electron chi connectivity index (χ0n) is 15.9. The molecular weight excluding hydrogens is 377 g/mol. The summed E-state index contributed by atoms with van der Waals surface area (Å²) in [5.74, 6) is 0.597. The third-order valence-corrected chi connectivity index (χ3v) is 4.73. The monoisotopic (exact) mass is 406 g/mol. The lowest BCUT2D eigenvalue weighted by atomic mass is 10.0. The molecule has 0 spiro atoms. The van der Waals surface area contributed by atoms with Gasteiger partial charge < -0.3 is 15.4 Å². The molecule has 0 aliphatic carbocycles. The predicted molar refractivity (Wildman–Crippen MR) is 104 cm³/mol. The van der Waals surface area contributed by atoms with E-state index in [1.807, 2.05) is 0 Å². The molecule has 1 rings (SSSR count). The lowest BCUT2D eigenvalue weighted by Gasteiger charge is -2.14. The molecule has 0 radical (unpaired) electrons. The Balaban J connectivity index is 2.17. The van der Waals surface area contributed by atoms with Gasteiger partial charge in [-0.05, 0) is 54.8 Å². The molecule has 154 valence electrons. The van der Waals surface area contributed by atoms with Gasteiger partial charge in [0.1, 0.15) is 0 Å². The molecule has 2 N–H and O–H groups in total. The minimum Gasteiger partial charge on any atom is -0.381 e. The minimum absolute atomic E-state index is 0.0786. The van der Waals surface area contributed by atoms with Crippen molar-refractivity contribution in [3.05, 3.63) is 24.3 Å². The topological polar surface area (TPSA) is 50.4 Å². The van der Waals surface area contributed by atoms with E-state index >= 15 is 0 Å². The van der Waals surface area contributed by atoms with Gasteiger partial charge in [0.2, 0.25) is 0 Å². The van der Waals surface area contributed by atoms with Crippen LogP contribution in [0.1, 0.15) is 46.0 Å². The molecule has 0 aliphatic heterocycles. The number of anilines is 1. The summed E-state index contributed by atoms with van der Waals surface area (Å²) in [6.07, 6.45) is 5.42. The summed E-state index contributed by atoms with van der Waals surface area (Å²) < 4.78 is 42.5. The number of urea groups is 1. The second-order valence-corrected chi connectivity index (χ2v) is 7.44. The molecule has 1 aromatic carbocycles. The smallest absolute Gasteiger partial charge is 0.381 e. The van der Waals surface area contributed by atoms with Crippen molar-refractivity contribution in [1.82, 2.24) is 5.32 Å². The molecule has 0 aromatic heterocycles. The van der Waals surface area contributed by atoms with E-state index < -0.39 is 5.51 Å². The van der Waals surface area contributed by atoms with Gasteiger partial charge in [-0.15, -0.1) is 0 Å². The van der Waals surface area contributed by atoms with Crippen LogP contribution in [0.3, 0.4) is 0 Å². The summed E-state index contributed by atoms with van der Waals surface area (Å²) in [7, 11) is 0. The molecule has 8 heteroatoms. The quantitative estimate of drug-likeness (QED) is 0.328. The van der Waals surface area contributed by atoms with Crippen LogP contribution in [0.4, 0.5) is 23.7 Å². The average Bonchev–Trinajstić information content (AvgIpc) is 2.61. The number of carbonyl (C=O) groups excluding carboxylic acids is 1. The highest BCUT2D eigenvalue weighted by Crippen LogP contribution is 2.36. The maximum Gasteiger partial charge on any atom is 0.446 e. The number of ether oxygens (including phenoxy) is 1. The third-order valence-electron chi connectivity index (χ3n) is 3.99. The standard InChI is InChI=1S/C19H29F3N2O2S/c1-3-5-7-15(4-2)14-26-13-6-12-23-18(25)24-16-8-10-17(11-9-16)27-19(20,21)22/h8-11,15H,3-7,12-14H2,1-2H3,(H2,23,24,25). The SMILES string of the molecule is CCCCC(CC)COCCCNC(=O)Nc1ccc(SC(F)(F)F)cc1. The van der Waals surface area contributed by atoms with E-state index in [1.54, 1.807) is 0 Å². The van der Waals surface area contributed by atoms with Crippen molar-refractivity contribution >= 4 is 23.5 Å². The molecule has 2 amide bonds. The Bertz CT molecular complexity index is 539. The highest BCUT2D eigenvalue weighted by atomic mass is 32.2. The highest BCUT2D eigenvalue weighted by Gasteiger charge is 2.29. The first kappa shape index (κ1) is 23.6. The summed E-state index contributed by atoms with van der Waals surface area (Å²) in [4.78, 5) is 11.9. The zero-order valence-corrected chi connectivity index (χ0v) is 16.7. The van der Waals surface area contributed by atoms with Gasteiger partial charge in [-0.2, -0.15) is 13.2 Å². The number of carbonyl (C=O) groups is 1. The van der Waals surface area contributed by atoms with E-state index in [0.717, 1.165) is 13.0 Å². The molecule has 0 fully saturated rings. The molecule has 1 unspecified atom stereocenters. The number of unbranched alkanes of at least 4 members (excludes halogenated alkanes) is 1. The van der Waals surface area contributed by atoms with E-state index in [4.69, 9.17) is 4.74 Å². The molecular formula is C19H29F3N2O2S. The number of halogens is 3. The van der Waals surface area contributed by atoms with Crippen molar-refractivity contribution in [2.45, 2.75) is 56.4 Å². The molecule has 0 saturated carbocycles. The summed E-state index contributed by atoms with van der Waals surface area (Å²) in [6, 6.07) is 5.14. The Hall–Kier alpha value is -1.41. The van der Waals surface area contributed by atoms with E-state index in [-0.39, 0.29) is 22.7 Å². The number of amides is 2. The van der Waals surface area contributed by atoms with E-state index in [1.165, 1.54) is 43.5 Å². The molecule has 0 saturated heterocycles. The number of hydrogen-bond acceptors (Lipinski definition) is 3. The number of hydrogen-bond donors (Lipinski definition) is 2. The maximum absolute atomic E-state index is 12.3. The normalized spacial score (nSPS) is 12.6. The average molecular weight is 407 g/mol. The van der Waals surface area contributed by atoms with Crippen LogP contribution >= 0.6 is 11.8 Å². The summed E-state index contributed by atoms with van der Waals surface area (Å²) >= 11 is -0.185. The minimum atomic E-state index is -4.32. The van der Waals surface area contributed by atoms with Crippen LogP contribution in [0.2, 0.25) is 0 Å². The Morgan fingerprint density at radius 3 is 2.48 bits per heavy atom. The molecule has 4 nitrogen and oxygen atoms in total. The highest BCUT2D eigenvalue weighted by molar-refractivity contribution is 8.00. The number of rotatable bonds is 12. The van der Waals surface area contributed by atoms with Gasteiger partial charge in [-0.3, -0.25) is 0 Å². The molecule has 0 heterocycles.